The van der Waals surface area contributed by atoms with Gasteiger partial charge in [0.05, 0.1) is 11.3 Å². The lowest BCUT2D eigenvalue weighted by Crippen LogP contribution is -2.32. The van der Waals surface area contributed by atoms with Crippen molar-refractivity contribution in [3.63, 3.8) is 0 Å². The molecule has 0 aromatic heterocycles. The van der Waals surface area contributed by atoms with Gasteiger partial charge < -0.3 is 10.1 Å². The molecule has 3 aromatic carbocycles. The largest absolute Gasteiger partial charge is 0.423 e. The maximum atomic E-state index is 13.0. The number of hydrogen-bond acceptors (Lipinski definition) is 5. The third kappa shape index (κ3) is 4.55. The van der Waals surface area contributed by atoms with E-state index in [9.17, 15) is 14.4 Å². The van der Waals surface area contributed by atoms with E-state index in [-0.39, 0.29) is 10.7 Å². The van der Waals surface area contributed by atoms with Crippen molar-refractivity contribution in [3.05, 3.63) is 99.2 Å². The summed E-state index contributed by atoms with van der Waals surface area (Å²) in [4.78, 5) is 39.3. The molecule has 0 radical (unpaired) electrons. The van der Waals surface area contributed by atoms with E-state index in [1.54, 1.807) is 61.5 Å². The van der Waals surface area contributed by atoms with Crippen LogP contribution in [-0.4, -0.2) is 17.8 Å². The zero-order chi connectivity index (χ0) is 24.4. The molecule has 1 heterocycles. The second kappa shape index (κ2) is 9.71. The summed E-state index contributed by atoms with van der Waals surface area (Å²) in [5.41, 5.74) is 2.76. The Kier molecular flexibility index (Phi) is 6.72. The second-order valence-corrected chi connectivity index (χ2v) is 8.43. The standard InChI is InChI=1S/C26H20Cl2N2O4/c1-3-16-6-4-5-7-21(16)34-26(33)17-8-11-19(12-9-17)29-23-22(28)24(31)30(25(23)32)20-13-10-18(27)14-15(20)2/h4-14,29H,3H2,1-2H3. The summed E-state index contributed by atoms with van der Waals surface area (Å²) in [6.07, 6.45) is 0.738. The summed E-state index contributed by atoms with van der Waals surface area (Å²) >= 11 is 12.2. The van der Waals surface area contributed by atoms with E-state index in [0.717, 1.165) is 16.9 Å². The lowest BCUT2D eigenvalue weighted by Gasteiger charge is -2.17. The lowest BCUT2D eigenvalue weighted by molar-refractivity contribution is -0.120. The van der Waals surface area contributed by atoms with E-state index in [2.05, 4.69) is 5.32 Å². The Morgan fingerprint density at radius 1 is 0.971 bits per heavy atom. The van der Waals surface area contributed by atoms with Crippen molar-refractivity contribution in [1.82, 2.24) is 0 Å². The van der Waals surface area contributed by atoms with Crippen LogP contribution in [0.4, 0.5) is 11.4 Å². The molecule has 0 aliphatic carbocycles. The predicted molar refractivity (Wildman–Crippen MR) is 132 cm³/mol. The first kappa shape index (κ1) is 23.5. The maximum Gasteiger partial charge on any atom is 0.343 e. The molecule has 1 aliphatic heterocycles. The first-order chi connectivity index (χ1) is 16.3. The van der Waals surface area contributed by atoms with Crippen molar-refractivity contribution in [2.24, 2.45) is 0 Å². The van der Waals surface area contributed by atoms with Gasteiger partial charge in [0, 0.05) is 10.7 Å². The molecule has 1 aliphatic rings. The van der Waals surface area contributed by atoms with Crippen LogP contribution in [0.3, 0.4) is 0 Å². The summed E-state index contributed by atoms with van der Waals surface area (Å²) in [7, 11) is 0. The Morgan fingerprint density at radius 2 is 1.68 bits per heavy atom. The Morgan fingerprint density at radius 3 is 2.35 bits per heavy atom. The molecular weight excluding hydrogens is 475 g/mol. The molecule has 172 valence electrons. The number of aryl methyl sites for hydroxylation is 2. The highest BCUT2D eigenvalue weighted by Gasteiger charge is 2.39. The first-order valence-electron chi connectivity index (χ1n) is 10.5. The van der Waals surface area contributed by atoms with Crippen LogP contribution in [0.25, 0.3) is 0 Å². The Hall–Kier alpha value is -3.61. The van der Waals surface area contributed by atoms with Gasteiger partial charge in [0.1, 0.15) is 16.5 Å². The van der Waals surface area contributed by atoms with Gasteiger partial charge in [0.2, 0.25) is 0 Å². The van der Waals surface area contributed by atoms with Gasteiger partial charge in [-0.15, -0.1) is 0 Å². The summed E-state index contributed by atoms with van der Waals surface area (Å²) in [6.45, 7) is 3.73. The van der Waals surface area contributed by atoms with Crippen LogP contribution in [-0.2, 0) is 16.0 Å². The molecule has 1 N–H and O–H groups in total. The number of rotatable bonds is 6. The number of imide groups is 1. The van der Waals surface area contributed by atoms with Gasteiger partial charge in [-0.3, -0.25) is 9.59 Å². The summed E-state index contributed by atoms with van der Waals surface area (Å²) < 4.78 is 5.52. The van der Waals surface area contributed by atoms with Gasteiger partial charge in [-0.1, -0.05) is 48.3 Å². The minimum atomic E-state index is -0.630. The van der Waals surface area contributed by atoms with Crippen LogP contribution >= 0.6 is 23.2 Å². The number of halogens is 2. The van der Waals surface area contributed by atoms with Gasteiger partial charge in [-0.2, -0.15) is 0 Å². The topological polar surface area (TPSA) is 75.7 Å². The van der Waals surface area contributed by atoms with Gasteiger partial charge >= 0.3 is 5.97 Å². The normalized spacial score (nSPS) is 13.5. The van der Waals surface area contributed by atoms with Crippen molar-refractivity contribution < 1.29 is 19.1 Å². The molecule has 8 heteroatoms. The quantitative estimate of drug-likeness (QED) is 0.263. The molecule has 0 saturated carbocycles. The van der Waals surface area contributed by atoms with Crippen LogP contribution < -0.4 is 15.0 Å². The van der Waals surface area contributed by atoms with E-state index in [1.165, 1.54) is 0 Å². The number of anilines is 2. The molecule has 0 atom stereocenters. The van der Waals surface area contributed by atoms with Crippen LogP contribution in [0, 0.1) is 6.92 Å². The molecule has 2 amide bonds. The average molecular weight is 495 g/mol. The van der Waals surface area contributed by atoms with Gasteiger partial charge in [0.15, 0.2) is 0 Å². The number of benzene rings is 3. The summed E-state index contributed by atoms with van der Waals surface area (Å²) in [6, 6.07) is 18.5. The highest BCUT2D eigenvalue weighted by Crippen LogP contribution is 2.33. The number of carbonyl (C=O) groups excluding carboxylic acids is 3. The molecule has 0 bridgehead atoms. The highest BCUT2D eigenvalue weighted by molar-refractivity contribution is 6.53. The Balaban J connectivity index is 1.50. The zero-order valence-corrected chi connectivity index (χ0v) is 19.9. The molecule has 0 saturated heterocycles. The molecular formula is C26H20Cl2N2O4. The molecule has 3 aromatic rings. The monoisotopic (exact) mass is 494 g/mol. The van der Waals surface area contributed by atoms with Crippen molar-refractivity contribution in [2.75, 3.05) is 10.2 Å². The maximum absolute atomic E-state index is 13.0. The SMILES string of the molecule is CCc1ccccc1OC(=O)c1ccc(NC2=C(Cl)C(=O)N(c3ccc(Cl)cc3C)C2=O)cc1. The van der Waals surface area contributed by atoms with Crippen LogP contribution in [0.2, 0.25) is 5.02 Å². The number of hydrogen-bond donors (Lipinski definition) is 1. The highest BCUT2D eigenvalue weighted by atomic mass is 35.5. The second-order valence-electron chi connectivity index (χ2n) is 7.62. The van der Waals surface area contributed by atoms with E-state index in [4.69, 9.17) is 27.9 Å². The minimum Gasteiger partial charge on any atom is -0.423 e. The fourth-order valence-electron chi connectivity index (χ4n) is 3.59. The Labute approximate surface area is 206 Å². The number of ether oxygens (including phenoxy) is 1. The van der Waals surface area contributed by atoms with Crippen molar-refractivity contribution in [1.29, 1.82) is 0 Å². The van der Waals surface area contributed by atoms with E-state index in [1.807, 2.05) is 19.1 Å². The molecule has 0 unspecified atom stereocenters. The van der Waals surface area contributed by atoms with Crippen molar-refractivity contribution in [2.45, 2.75) is 20.3 Å². The number of nitrogens with zero attached hydrogens (tertiary/aromatic N) is 1. The number of esters is 1. The first-order valence-corrected chi connectivity index (χ1v) is 11.3. The fourth-order valence-corrected chi connectivity index (χ4v) is 4.03. The number of nitrogens with one attached hydrogen (secondary N) is 1. The van der Waals surface area contributed by atoms with E-state index >= 15 is 0 Å². The zero-order valence-electron chi connectivity index (χ0n) is 18.4. The predicted octanol–water partition coefficient (Wildman–Crippen LogP) is 5.87. The minimum absolute atomic E-state index is 0.0479. The van der Waals surface area contributed by atoms with E-state index < -0.39 is 17.8 Å². The third-order valence-corrected chi connectivity index (χ3v) is 5.96. The smallest absolute Gasteiger partial charge is 0.343 e. The third-order valence-electron chi connectivity index (χ3n) is 5.37. The van der Waals surface area contributed by atoms with Gasteiger partial charge in [-0.05, 0) is 73.0 Å². The molecule has 6 nitrogen and oxygen atoms in total. The fraction of sp³-hybridized carbons (Fsp3) is 0.115. The number of para-hydroxylation sites is 1. The molecule has 0 fully saturated rings. The molecule has 34 heavy (non-hydrogen) atoms. The summed E-state index contributed by atoms with van der Waals surface area (Å²) in [5.74, 6) is -1.20. The van der Waals surface area contributed by atoms with Gasteiger partial charge in [0.25, 0.3) is 11.8 Å². The van der Waals surface area contributed by atoms with Gasteiger partial charge in [-0.25, -0.2) is 9.69 Å². The van der Waals surface area contributed by atoms with Crippen LogP contribution in [0.1, 0.15) is 28.4 Å². The van der Waals surface area contributed by atoms with E-state index in [0.29, 0.717) is 33.3 Å². The number of carbonyl (C=O) groups is 3. The number of amides is 2. The Bertz CT molecular complexity index is 1330. The van der Waals surface area contributed by atoms with Crippen molar-refractivity contribution in [3.8, 4) is 5.75 Å². The van der Waals surface area contributed by atoms with Crippen LogP contribution in [0.15, 0.2) is 77.5 Å². The van der Waals surface area contributed by atoms with Crippen molar-refractivity contribution >= 4 is 52.4 Å². The molecule has 0 spiro atoms. The molecule has 4 rings (SSSR count). The average Bonchev–Trinajstić information content (AvgIpc) is 3.03. The lowest BCUT2D eigenvalue weighted by atomic mass is 10.1. The summed E-state index contributed by atoms with van der Waals surface area (Å²) in [5, 5.41) is 3.16. The van der Waals surface area contributed by atoms with Crippen LogP contribution in [0.5, 0.6) is 5.75 Å².